The van der Waals surface area contributed by atoms with Crippen LogP contribution >= 0.6 is 0 Å². The third-order valence-corrected chi connectivity index (χ3v) is 4.53. The van der Waals surface area contributed by atoms with Crippen molar-refractivity contribution in [3.05, 3.63) is 47.3 Å². The summed E-state index contributed by atoms with van der Waals surface area (Å²) in [5, 5.41) is 6.98. The molecule has 122 valence electrons. The van der Waals surface area contributed by atoms with Crippen molar-refractivity contribution in [2.45, 2.75) is 26.3 Å². The molecule has 2 heterocycles. The Kier molecular flexibility index (Phi) is 4.76. The predicted molar refractivity (Wildman–Crippen MR) is 88.7 cm³/mol. The number of ether oxygens (including phenoxy) is 1. The summed E-state index contributed by atoms with van der Waals surface area (Å²) < 4.78 is 5.22. The Morgan fingerprint density at radius 2 is 2.30 bits per heavy atom. The number of aromatic nitrogens is 2. The highest BCUT2D eigenvalue weighted by atomic mass is 16.5. The van der Waals surface area contributed by atoms with Gasteiger partial charge in [0.15, 0.2) is 5.78 Å². The molecule has 0 unspecified atom stereocenters. The minimum Gasteiger partial charge on any atom is -0.497 e. The lowest BCUT2D eigenvalue weighted by atomic mass is 9.88. The second kappa shape index (κ2) is 6.96. The number of likely N-dealkylation sites (tertiary alicyclic amines) is 1. The zero-order valence-corrected chi connectivity index (χ0v) is 13.7. The topological polar surface area (TPSA) is 58.2 Å². The number of rotatable bonds is 5. The van der Waals surface area contributed by atoms with Gasteiger partial charge < -0.3 is 4.74 Å². The molecule has 1 aromatic heterocycles. The number of piperidine rings is 1. The van der Waals surface area contributed by atoms with E-state index in [1.165, 1.54) is 0 Å². The van der Waals surface area contributed by atoms with Crippen LogP contribution in [-0.2, 0) is 6.54 Å². The average molecular weight is 313 g/mol. The number of aromatic amines is 1. The number of nitrogens with one attached hydrogen (secondary N) is 1. The molecular weight excluding hydrogens is 290 g/mol. The highest BCUT2D eigenvalue weighted by molar-refractivity contribution is 5.99. The van der Waals surface area contributed by atoms with Crippen LogP contribution in [0, 0.1) is 12.8 Å². The van der Waals surface area contributed by atoms with Crippen molar-refractivity contribution in [2.75, 3.05) is 20.2 Å². The van der Waals surface area contributed by atoms with E-state index in [1.54, 1.807) is 13.3 Å². The van der Waals surface area contributed by atoms with Gasteiger partial charge in [-0.15, -0.1) is 0 Å². The Balaban J connectivity index is 1.69. The Morgan fingerprint density at radius 3 is 3.00 bits per heavy atom. The number of H-pyrrole nitrogens is 1. The van der Waals surface area contributed by atoms with Crippen molar-refractivity contribution < 1.29 is 9.53 Å². The second-order valence-electron chi connectivity index (χ2n) is 6.20. The molecule has 5 nitrogen and oxygen atoms in total. The lowest BCUT2D eigenvalue weighted by molar-refractivity contribution is 0.0809. The van der Waals surface area contributed by atoms with Crippen LogP contribution < -0.4 is 4.74 Å². The molecule has 0 bridgehead atoms. The molecule has 5 heteroatoms. The summed E-state index contributed by atoms with van der Waals surface area (Å²) in [5.74, 6) is 1.11. The molecule has 0 spiro atoms. The van der Waals surface area contributed by atoms with Gasteiger partial charge in [-0.2, -0.15) is 5.10 Å². The molecule has 3 rings (SSSR count). The number of methoxy groups -OCH3 is 1. The molecule has 0 saturated carbocycles. The van der Waals surface area contributed by atoms with Gasteiger partial charge in [0.2, 0.25) is 0 Å². The number of carbonyl (C=O) groups is 1. The van der Waals surface area contributed by atoms with Gasteiger partial charge in [-0.1, -0.05) is 0 Å². The number of Topliss-reactive ketones (excluding diaryl/α,β-unsaturated/α-hetero) is 1. The smallest absolute Gasteiger partial charge is 0.167 e. The largest absolute Gasteiger partial charge is 0.497 e. The van der Waals surface area contributed by atoms with Crippen molar-refractivity contribution in [3.63, 3.8) is 0 Å². The fourth-order valence-corrected chi connectivity index (χ4v) is 3.29. The number of ketones is 1. The molecule has 23 heavy (non-hydrogen) atoms. The third kappa shape index (κ3) is 3.62. The first-order valence-corrected chi connectivity index (χ1v) is 8.07. The van der Waals surface area contributed by atoms with Crippen LogP contribution in [0.4, 0.5) is 0 Å². The summed E-state index contributed by atoms with van der Waals surface area (Å²) in [7, 11) is 1.64. The molecule has 1 saturated heterocycles. The van der Waals surface area contributed by atoms with Crippen molar-refractivity contribution >= 4 is 5.78 Å². The van der Waals surface area contributed by atoms with Crippen LogP contribution in [0.15, 0.2) is 30.5 Å². The van der Waals surface area contributed by atoms with Crippen molar-refractivity contribution in [1.82, 2.24) is 15.1 Å². The predicted octanol–water partition coefficient (Wildman–Crippen LogP) is 2.82. The number of carbonyl (C=O) groups excluding carboxylic acids is 1. The van der Waals surface area contributed by atoms with Gasteiger partial charge in [-0.05, 0) is 56.1 Å². The first kappa shape index (κ1) is 15.7. The molecule has 0 amide bonds. The molecule has 0 aliphatic carbocycles. The summed E-state index contributed by atoms with van der Waals surface area (Å²) in [6, 6.07) is 7.67. The number of hydrogen-bond acceptors (Lipinski definition) is 4. The summed E-state index contributed by atoms with van der Waals surface area (Å²) >= 11 is 0. The third-order valence-electron chi connectivity index (χ3n) is 4.53. The maximum atomic E-state index is 12.9. The summed E-state index contributed by atoms with van der Waals surface area (Å²) in [6.07, 6.45) is 3.78. The lowest BCUT2D eigenvalue weighted by Crippen LogP contribution is -2.38. The molecule has 1 N–H and O–H groups in total. The van der Waals surface area contributed by atoms with Gasteiger partial charge in [0.05, 0.1) is 7.11 Å². The van der Waals surface area contributed by atoms with E-state index in [0.29, 0.717) is 0 Å². The highest BCUT2D eigenvalue weighted by Crippen LogP contribution is 2.25. The first-order chi connectivity index (χ1) is 11.2. The van der Waals surface area contributed by atoms with E-state index in [1.807, 2.05) is 31.2 Å². The minimum absolute atomic E-state index is 0.0683. The maximum Gasteiger partial charge on any atom is 0.167 e. The van der Waals surface area contributed by atoms with Gasteiger partial charge in [0.1, 0.15) is 5.75 Å². The van der Waals surface area contributed by atoms with E-state index < -0.39 is 0 Å². The van der Waals surface area contributed by atoms with Gasteiger partial charge in [-0.25, -0.2) is 0 Å². The average Bonchev–Trinajstić information content (AvgIpc) is 3.07. The van der Waals surface area contributed by atoms with Crippen molar-refractivity contribution in [2.24, 2.45) is 5.92 Å². The zero-order chi connectivity index (χ0) is 16.2. The summed E-state index contributed by atoms with van der Waals surface area (Å²) in [6.45, 7) is 4.64. The van der Waals surface area contributed by atoms with E-state index in [9.17, 15) is 4.79 Å². The van der Waals surface area contributed by atoms with E-state index in [4.69, 9.17) is 4.74 Å². The van der Waals surface area contributed by atoms with E-state index >= 15 is 0 Å². The van der Waals surface area contributed by atoms with Crippen LogP contribution in [0.3, 0.4) is 0 Å². The lowest BCUT2D eigenvalue weighted by Gasteiger charge is -2.31. The van der Waals surface area contributed by atoms with E-state index in [2.05, 4.69) is 15.1 Å². The number of aryl methyl sites for hydroxylation is 1. The molecule has 2 aromatic rings. The number of benzene rings is 1. The molecule has 1 fully saturated rings. The van der Waals surface area contributed by atoms with Gasteiger partial charge in [-0.3, -0.25) is 14.8 Å². The number of hydrogen-bond donors (Lipinski definition) is 1. The molecule has 1 aliphatic rings. The van der Waals surface area contributed by atoms with Crippen LogP contribution in [0.5, 0.6) is 5.75 Å². The highest BCUT2D eigenvalue weighted by Gasteiger charge is 2.27. The van der Waals surface area contributed by atoms with Crippen LogP contribution in [-0.4, -0.2) is 41.1 Å². The normalized spacial score (nSPS) is 18.8. The van der Waals surface area contributed by atoms with Crippen molar-refractivity contribution in [3.8, 4) is 5.75 Å². The molecule has 1 atom stereocenters. The first-order valence-electron chi connectivity index (χ1n) is 8.07. The van der Waals surface area contributed by atoms with Crippen molar-refractivity contribution in [1.29, 1.82) is 0 Å². The molecule has 1 aromatic carbocycles. The fourth-order valence-electron chi connectivity index (χ4n) is 3.29. The molecule has 0 radical (unpaired) electrons. The van der Waals surface area contributed by atoms with Crippen LogP contribution in [0.1, 0.15) is 34.5 Å². The van der Waals surface area contributed by atoms with Crippen LogP contribution in [0.25, 0.3) is 0 Å². The summed E-state index contributed by atoms with van der Waals surface area (Å²) in [4.78, 5) is 15.2. The fraction of sp³-hybridized carbons (Fsp3) is 0.444. The molecule has 1 aliphatic heterocycles. The van der Waals surface area contributed by atoms with Gasteiger partial charge in [0.25, 0.3) is 0 Å². The Morgan fingerprint density at radius 1 is 1.43 bits per heavy atom. The Bertz CT molecular complexity index is 667. The minimum atomic E-state index is 0.0683. The zero-order valence-electron chi connectivity index (χ0n) is 13.7. The summed E-state index contributed by atoms with van der Waals surface area (Å²) in [5.41, 5.74) is 2.90. The van der Waals surface area contributed by atoms with Crippen LogP contribution in [0.2, 0.25) is 0 Å². The van der Waals surface area contributed by atoms with E-state index in [0.717, 1.165) is 55.0 Å². The van der Waals surface area contributed by atoms with E-state index in [-0.39, 0.29) is 11.7 Å². The maximum absolute atomic E-state index is 12.9. The number of nitrogens with zero attached hydrogens (tertiary/aromatic N) is 2. The van der Waals surface area contributed by atoms with Gasteiger partial charge in [0, 0.05) is 36.5 Å². The standard InChI is InChI=1S/C18H23N3O2/c1-13-10-16(23-2)5-6-17(13)18(22)14-4-3-9-21(11-14)12-15-7-8-19-20-15/h5-8,10,14H,3-4,9,11-12H2,1-2H3,(H,19,20)/t14-/m1/s1. The van der Waals surface area contributed by atoms with Gasteiger partial charge >= 0.3 is 0 Å². The Labute approximate surface area is 136 Å². The Hall–Kier alpha value is -2.14. The molecular formula is C18H23N3O2. The monoisotopic (exact) mass is 313 g/mol. The second-order valence-corrected chi connectivity index (χ2v) is 6.20. The quantitative estimate of drug-likeness (QED) is 0.862. The SMILES string of the molecule is COc1ccc(C(=O)[C@@H]2CCCN(Cc3ccn[nH]3)C2)c(C)c1.